The van der Waals surface area contributed by atoms with Gasteiger partial charge in [-0.2, -0.15) is 0 Å². The van der Waals surface area contributed by atoms with E-state index in [0.29, 0.717) is 28.8 Å². The Balaban J connectivity index is 1.28. The molecule has 0 unspecified atom stereocenters. The van der Waals surface area contributed by atoms with Crippen LogP contribution >= 0.6 is 0 Å². The second kappa shape index (κ2) is 10.3. The number of fused-ring (bicyclic) bond motifs is 1. The van der Waals surface area contributed by atoms with Gasteiger partial charge in [0, 0.05) is 42.1 Å². The fraction of sp³-hybridized carbons (Fsp3) is 0.143. The number of nitrogens with zero attached hydrogens (tertiary/aromatic N) is 2. The Labute approximate surface area is 215 Å². The minimum absolute atomic E-state index is 0.159. The minimum atomic E-state index is -3.80. The number of hydrogen-bond donors (Lipinski definition) is 2. The lowest BCUT2D eigenvalue weighted by Crippen LogP contribution is -2.25. The van der Waals surface area contributed by atoms with Crippen molar-refractivity contribution in [1.29, 1.82) is 0 Å². The van der Waals surface area contributed by atoms with Crippen LogP contribution in [0.1, 0.15) is 22.5 Å². The van der Waals surface area contributed by atoms with Crippen molar-refractivity contribution in [1.82, 2.24) is 14.9 Å². The topological polar surface area (TPSA) is 106 Å². The van der Waals surface area contributed by atoms with Crippen molar-refractivity contribution in [3.05, 3.63) is 103 Å². The molecule has 2 aromatic heterocycles. The summed E-state index contributed by atoms with van der Waals surface area (Å²) >= 11 is 0. The summed E-state index contributed by atoms with van der Waals surface area (Å²) in [6, 6.07) is 21.5. The Kier molecular flexibility index (Phi) is 6.78. The number of aromatic nitrogens is 2. The number of aryl methyl sites for hydroxylation is 2. The molecule has 5 rings (SSSR count). The molecule has 188 valence electrons. The van der Waals surface area contributed by atoms with Crippen LogP contribution in [0.3, 0.4) is 0 Å². The van der Waals surface area contributed by atoms with Gasteiger partial charge in [-0.1, -0.05) is 42.5 Å². The predicted octanol–water partition coefficient (Wildman–Crippen LogP) is 5.23. The number of amides is 1. The normalized spacial score (nSPS) is 11.5. The number of anilines is 1. The van der Waals surface area contributed by atoms with Gasteiger partial charge in [-0.15, -0.1) is 0 Å². The number of rotatable bonds is 9. The van der Waals surface area contributed by atoms with Crippen LogP contribution in [0.25, 0.3) is 22.1 Å². The molecule has 3 aromatic carbocycles. The summed E-state index contributed by atoms with van der Waals surface area (Å²) in [6.45, 7) is 3.02. The van der Waals surface area contributed by atoms with Gasteiger partial charge in [0.05, 0.1) is 11.2 Å². The van der Waals surface area contributed by atoms with Crippen LogP contribution in [0.5, 0.6) is 0 Å². The average molecular weight is 515 g/mol. The Morgan fingerprint density at radius 1 is 1.00 bits per heavy atom. The van der Waals surface area contributed by atoms with E-state index in [-0.39, 0.29) is 16.6 Å². The molecule has 37 heavy (non-hydrogen) atoms. The molecule has 2 N–H and O–H groups in total. The van der Waals surface area contributed by atoms with E-state index >= 15 is 0 Å². The van der Waals surface area contributed by atoms with Crippen molar-refractivity contribution in [3.63, 3.8) is 0 Å². The Morgan fingerprint density at radius 2 is 1.76 bits per heavy atom. The number of carbonyl (C=O) groups excluding carboxylic acids is 1. The largest absolute Gasteiger partial charge is 0.451 e. The number of hydrogen-bond acceptors (Lipinski definition) is 5. The first kappa shape index (κ1) is 24.3. The van der Waals surface area contributed by atoms with Crippen LogP contribution in [0.15, 0.2) is 101 Å². The minimum Gasteiger partial charge on any atom is -0.451 e. The monoisotopic (exact) mass is 514 g/mol. The fourth-order valence-electron chi connectivity index (χ4n) is 4.14. The fourth-order valence-corrected chi connectivity index (χ4v) is 5.18. The van der Waals surface area contributed by atoms with E-state index in [1.807, 2.05) is 41.1 Å². The molecule has 8 nitrogen and oxygen atoms in total. The summed E-state index contributed by atoms with van der Waals surface area (Å²) in [5.41, 5.74) is 3.49. The molecule has 0 radical (unpaired) electrons. The van der Waals surface area contributed by atoms with Gasteiger partial charge in [-0.3, -0.25) is 9.52 Å². The highest BCUT2D eigenvalue weighted by Gasteiger charge is 2.19. The van der Waals surface area contributed by atoms with Gasteiger partial charge in [0.1, 0.15) is 5.58 Å². The molecule has 0 fully saturated rings. The van der Waals surface area contributed by atoms with Crippen molar-refractivity contribution in [2.24, 2.45) is 0 Å². The highest BCUT2D eigenvalue weighted by Crippen LogP contribution is 2.29. The summed E-state index contributed by atoms with van der Waals surface area (Å²) in [4.78, 5) is 16.8. The first-order chi connectivity index (χ1) is 17.9. The molecule has 9 heteroatoms. The van der Waals surface area contributed by atoms with Crippen molar-refractivity contribution >= 4 is 32.6 Å². The van der Waals surface area contributed by atoms with Crippen molar-refractivity contribution in [3.8, 4) is 11.1 Å². The smallest absolute Gasteiger partial charge is 0.287 e. The zero-order valence-electron chi connectivity index (χ0n) is 20.2. The third kappa shape index (κ3) is 5.41. The first-order valence-electron chi connectivity index (χ1n) is 11.9. The van der Waals surface area contributed by atoms with Gasteiger partial charge < -0.3 is 14.3 Å². The zero-order valence-corrected chi connectivity index (χ0v) is 21.0. The Bertz CT molecular complexity index is 1630. The predicted molar refractivity (Wildman–Crippen MR) is 143 cm³/mol. The number of sulfonamides is 1. The third-order valence-electron chi connectivity index (χ3n) is 6.10. The lowest BCUT2D eigenvalue weighted by Gasteiger charge is -2.09. The molecule has 0 spiro atoms. The molecule has 0 aliphatic carbocycles. The lowest BCUT2D eigenvalue weighted by molar-refractivity contribution is 0.0926. The highest BCUT2D eigenvalue weighted by molar-refractivity contribution is 7.92. The van der Waals surface area contributed by atoms with Crippen LogP contribution in [-0.4, -0.2) is 30.4 Å². The van der Waals surface area contributed by atoms with E-state index in [1.54, 1.807) is 61.9 Å². The number of nitrogens with one attached hydrogen (secondary N) is 2. The first-order valence-corrected chi connectivity index (χ1v) is 13.3. The molecule has 0 saturated carbocycles. The van der Waals surface area contributed by atoms with Crippen LogP contribution in [0.2, 0.25) is 0 Å². The van der Waals surface area contributed by atoms with Gasteiger partial charge in [0.2, 0.25) is 0 Å². The Hall–Kier alpha value is -4.37. The third-order valence-corrected chi connectivity index (χ3v) is 7.50. The number of benzene rings is 3. The van der Waals surface area contributed by atoms with Crippen LogP contribution in [0, 0.1) is 6.92 Å². The quantitative estimate of drug-likeness (QED) is 0.262. The van der Waals surface area contributed by atoms with Crippen molar-refractivity contribution in [2.45, 2.75) is 24.8 Å². The second-order valence-corrected chi connectivity index (χ2v) is 10.4. The molecule has 0 atom stereocenters. The van der Waals surface area contributed by atoms with Crippen LogP contribution in [0.4, 0.5) is 5.69 Å². The van der Waals surface area contributed by atoms with Crippen LogP contribution < -0.4 is 10.0 Å². The number of furan rings is 1. The molecule has 0 aliphatic rings. The molecule has 1 amide bonds. The average Bonchev–Trinajstić information content (AvgIpc) is 3.55. The summed E-state index contributed by atoms with van der Waals surface area (Å²) in [5.74, 6) is -0.0888. The number of imidazole rings is 1. The highest BCUT2D eigenvalue weighted by atomic mass is 32.2. The molecule has 5 aromatic rings. The van der Waals surface area contributed by atoms with Gasteiger partial charge in [-0.25, -0.2) is 13.4 Å². The zero-order chi connectivity index (χ0) is 25.8. The van der Waals surface area contributed by atoms with E-state index in [9.17, 15) is 13.2 Å². The van der Waals surface area contributed by atoms with E-state index in [2.05, 4.69) is 15.0 Å². The molecular formula is C28H26N4O4S. The van der Waals surface area contributed by atoms with Gasteiger partial charge in [-0.05, 0) is 54.8 Å². The number of carbonyl (C=O) groups is 1. The van der Waals surface area contributed by atoms with Gasteiger partial charge >= 0.3 is 0 Å². The summed E-state index contributed by atoms with van der Waals surface area (Å²) < 4.78 is 36.4. The maximum absolute atomic E-state index is 13.0. The maximum Gasteiger partial charge on any atom is 0.287 e. The van der Waals surface area contributed by atoms with Gasteiger partial charge in [0.25, 0.3) is 15.9 Å². The van der Waals surface area contributed by atoms with Crippen molar-refractivity contribution in [2.75, 3.05) is 11.3 Å². The van der Waals surface area contributed by atoms with E-state index in [4.69, 9.17) is 4.42 Å². The molecule has 0 bridgehead atoms. The summed E-state index contributed by atoms with van der Waals surface area (Å²) in [7, 11) is -3.80. The standard InChI is InChI=1S/C28H26N4O4S/c1-20-25-18-23(31-37(34,35)24-11-8-22(9-12-24)21-6-3-2-4-7-21)10-13-26(25)36-27(20)28(33)30-14-5-16-32-17-15-29-19-32/h2-4,6-13,15,17-19,31H,5,14,16H2,1H3,(H,30,33). The van der Waals surface area contributed by atoms with Crippen LogP contribution in [-0.2, 0) is 16.6 Å². The van der Waals surface area contributed by atoms with Crippen molar-refractivity contribution < 1.29 is 17.6 Å². The Morgan fingerprint density at radius 3 is 2.49 bits per heavy atom. The van der Waals surface area contributed by atoms with E-state index in [0.717, 1.165) is 24.1 Å². The molecular weight excluding hydrogens is 488 g/mol. The molecule has 0 aliphatic heterocycles. The van der Waals surface area contributed by atoms with E-state index < -0.39 is 10.0 Å². The second-order valence-electron chi connectivity index (χ2n) is 8.67. The van der Waals surface area contributed by atoms with E-state index in [1.165, 1.54) is 0 Å². The summed E-state index contributed by atoms with van der Waals surface area (Å²) in [5, 5.41) is 3.55. The molecule has 2 heterocycles. The molecule has 0 saturated heterocycles. The SMILES string of the molecule is Cc1c(C(=O)NCCCn2ccnc2)oc2ccc(NS(=O)(=O)c3ccc(-c4ccccc4)cc3)cc12. The maximum atomic E-state index is 13.0. The lowest BCUT2D eigenvalue weighted by atomic mass is 10.1. The summed E-state index contributed by atoms with van der Waals surface area (Å²) in [6.07, 6.45) is 6.07. The van der Waals surface area contributed by atoms with Gasteiger partial charge in [0.15, 0.2) is 5.76 Å².